The van der Waals surface area contributed by atoms with Crippen LogP contribution in [0.15, 0.2) is 28.2 Å². The number of thiazole rings is 1. The monoisotopic (exact) mass is 237 g/mol. The summed E-state index contributed by atoms with van der Waals surface area (Å²) in [5.41, 5.74) is 5.78. The third-order valence-electron chi connectivity index (χ3n) is 2.07. The van der Waals surface area contributed by atoms with Crippen molar-refractivity contribution in [3.63, 3.8) is 0 Å². The molecule has 0 fully saturated rings. The minimum absolute atomic E-state index is 0.189. The number of nitrogens with two attached hydrogens (primary N) is 1. The van der Waals surface area contributed by atoms with Crippen molar-refractivity contribution in [1.29, 1.82) is 0 Å². The van der Waals surface area contributed by atoms with Gasteiger partial charge in [0, 0.05) is 5.38 Å². The van der Waals surface area contributed by atoms with Crippen molar-refractivity contribution in [3.8, 4) is 0 Å². The lowest BCUT2D eigenvalue weighted by molar-refractivity contribution is 0.0931. The minimum atomic E-state index is -0.253. The highest BCUT2D eigenvalue weighted by molar-refractivity contribution is 7.13. The molecule has 0 aromatic carbocycles. The van der Waals surface area contributed by atoms with Gasteiger partial charge in [0.1, 0.15) is 11.5 Å². The average Bonchev–Trinajstić information content (AvgIpc) is 2.87. The fourth-order valence-corrected chi connectivity index (χ4v) is 1.81. The van der Waals surface area contributed by atoms with Gasteiger partial charge in [0.2, 0.25) is 0 Å². The van der Waals surface area contributed by atoms with Crippen molar-refractivity contribution in [2.45, 2.75) is 13.0 Å². The Morgan fingerprint density at radius 3 is 3.06 bits per heavy atom. The molecule has 1 amide bonds. The molecule has 1 atom stereocenters. The maximum atomic E-state index is 11.7. The van der Waals surface area contributed by atoms with E-state index in [1.165, 1.54) is 11.3 Å². The topological polar surface area (TPSA) is 81.2 Å². The first kappa shape index (κ1) is 10.7. The van der Waals surface area contributed by atoms with Gasteiger partial charge < -0.3 is 15.5 Å². The second-order valence-corrected chi connectivity index (χ2v) is 4.17. The first-order valence-electron chi connectivity index (χ1n) is 4.72. The Bertz CT molecular complexity index is 478. The van der Waals surface area contributed by atoms with Crippen LogP contribution in [-0.2, 0) is 0 Å². The molecule has 84 valence electrons. The highest BCUT2D eigenvalue weighted by atomic mass is 32.1. The first-order chi connectivity index (χ1) is 7.66. The molecule has 2 heterocycles. The number of rotatable bonds is 3. The van der Waals surface area contributed by atoms with Crippen LogP contribution in [0, 0.1) is 0 Å². The molecule has 5 nitrogen and oxygen atoms in total. The van der Waals surface area contributed by atoms with E-state index in [1.54, 1.807) is 23.8 Å². The number of hydrogen-bond acceptors (Lipinski definition) is 5. The van der Waals surface area contributed by atoms with Crippen LogP contribution in [0.3, 0.4) is 0 Å². The van der Waals surface area contributed by atoms with Crippen LogP contribution in [0.1, 0.15) is 29.2 Å². The molecule has 0 radical (unpaired) electrons. The number of carbonyl (C=O) groups excluding carboxylic acids is 1. The molecule has 0 bridgehead atoms. The molecule has 2 aromatic rings. The van der Waals surface area contributed by atoms with E-state index in [0.29, 0.717) is 16.6 Å². The van der Waals surface area contributed by atoms with Gasteiger partial charge in [0.05, 0.1) is 12.3 Å². The van der Waals surface area contributed by atoms with Crippen LogP contribution in [0.25, 0.3) is 0 Å². The smallest absolute Gasteiger partial charge is 0.271 e. The van der Waals surface area contributed by atoms with E-state index < -0.39 is 0 Å². The Balaban J connectivity index is 2.03. The lowest BCUT2D eigenvalue weighted by Crippen LogP contribution is -2.26. The summed E-state index contributed by atoms with van der Waals surface area (Å²) in [4.78, 5) is 15.6. The van der Waals surface area contributed by atoms with Gasteiger partial charge in [0.15, 0.2) is 5.13 Å². The van der Waals surface area contributed by atoms with Gasteiger partial charge in [0.25, 0.3) is 5.91 Å². The number of furan rings is 1. The summed E-state index contributed by atoms with van der Waals surface area (Å²) in [6.07, 6.45) is 1.57. The van der Waals surface area contributed by atoms with Gasteiger partial charge in [-0.2, -0.15) is 0 Å². The molecule has 6 heteroatoms. The highest BCUT2D eigenvalue weighted by Crippen LogP contribution is 2.15. The van der Waals surface area contributed by atoms with Crippen LogP contribution >= 0.6 is 11.3 Å². The Morgan fingerprint density at radius 2 is 2.50 bits per heavy atom. The first-order valence-corrected chi connectivity index (χ1v) is 5.60. The van der Waals surface area contributed by atoms with Crippen molar-refractivity contribution in [1.82, 2.24) is 10.3 Å². The molecule has 0 aliphatic carbocycles. The number of nitrogen functional groups attached to an aromatic ring is 1. The molecule has 0 aliphatic rings. The second kappa shape index (κ2) is 4.36. The van der Waals surface area contributed by atoms with Gasteiger partial charge >= 0.3 is 0 Å². The standard InChI is InChI=1S/C10H11N3O2S/c1-6(8-3-2-4-15-8)12-9(14)7-5-16-10(11)13-7/h2-6H,1H3,(H2,11,13)(H,12,14). The Hall–Kier alpha value is -1.82. The normalized spacial score (nSPS) is 12.3. The van der Waals surface area contributed by atoms with Crippen molar-refractivity contribution in [2.75, 3.05) is 5.73 Å². The van der Waals surface area contributed by atoms with E-state index in [1.807, 2.05) is 6.92 Å². The molecule has 0 saturated carbocycles. The molecule has 16 heavy (non-hydrogen) atoms. The maximum absolute atomic E-state index is 11.7. The number of aromatic nitrogens is 1. The van der Waals surface area contributed by atoms with Crippen LogP contribution in [-0.4, -0.2) is 10.9 Å². The molecule has 2 rings (SSSR count). The molecular weight excluding hydrogens is 226 g/mol. The zero-order valence-electron chi connectivity index (χ0n) is 8.64. The SMILES string of the molecule is CC(NC(=O)c1csc(N)n1)c1ccco1. The summed E-state index contributed by atoms with van der Waals surface area (Å²) in [6.45, 7) is 1.84. The van der Waals surface area contributed by atoms with Gasteiger partial charge in [-0.25, -0.2) is 4.98 Å². The molecule has 3 N–H and O–H groups in total. The number of amides is 1. The fraction of sp³-hybridized carbons (Fsp3) is 0.200. The van der Waals surface area contributed by atoms with Crippen molar-refractivity contribution < 1.29 is 9.21 Å². The lowest BCUT2D eigenvalue weighted by Gasteiger charge is -2.09. The van der Waals surface area contributed by atoms with E-state index in [4.69, 9.17) is 10.2 Å². The third-order valence-corrected chi connectivity index (χ3v) is 2.75. The summed E-state index contributed by atoms with van der Waals surface area (Å²) in [6, 6.07) is 3.39. The van der Waals surface area contributed by atoms with Gasteiger partial charge in [-0.05, 0) is 19.1 Å². The highest BCUT2D eigenvalue weighted by Gasteiger charge is 2.15. The number of nitrogens with zero attached hydrogens (tertiary/aromatic N) is 1. The summed E-state index contributed by atoms with van der Waals surface area (Å²) >= 11 is 1.24. The Morgan fingerprint density at radius 1 is 1.69 bits per heavy atom. The van der Waals surface area contributed by atoms with Gasteiger partial charge in [-0.15, -0.1) is 11.3 Å². The van der Waals surface area contributed by atoms with E-state index in [2.05, 4.69) is 10.3 Å². The maximum Gasteiger partial charge on any atom is 0.271 e. The van der Waals surface area contributed by atoms with E-state index >= 15 is 0 Å². The summed E-state index contributed by atoms with van der Waals surface area (Å²) in [5, 5.41) is 4.78. The quantitative estimate of drug-likeness (QED) is 0.853. The average molecular weight is 237 g/mol. The summed E-state index contributed by atoms with van der Waals surface area (Å²) in [5.74, 6) is 0.452. The summed E-state index contributed by atoms with van der Waals surface area (Å²) < 4.78 is 5.18. The van der Waals surface area contributed by atoms with Crippen LogP contribution in [0.5, 0.6) is 0 Å². The molecule has 0 aliphatic heterocycles. The van der Waals surface area contributed by atoms with Gasteiger partial charge in [-0.1, -0.05) is 0 Å². The van der Waals surface area contributed by atoms with Crippen LogP contribution < -0.4 is 11.1 Å². The van der Waals surface area contributed by atoms with E-state index in [0.717, 1.165) is 0 Å². The summed E-state index contributed by atoms with van der Waals surface area (Å²) in [7, 11) is 0. The predicted octanol–water partition coefficient (Wildman–Crippen LogP) is 1.81. The van der Waals surface area contributed by atoms with Crippen LogP contribution in [0.2, 0.25) is 0 Å². The van der Waals surface area contributed by atoms with E-state index in [-0.39, 0.29) is 11.9 Å². The molecule has 0 saturated heterocycles. The molecule has 2 aromatic heterocycles. The number of nitrogens with one attached hydrogen (secondary N) is 1. The fourth-order valence-electron chi connectivity index (χ4n) is 1.27. The third kappa shape index (κ3) is 2.22. The Labute approximate surface area is 96.3 Å². The number of anilines is 1. The number of carbonyl (C=O) groups is 1. The van der Waals surface area contributed by atoms with Crippen molar-refractivity contribution >= 4 is 22.4 Å². The van der Waals surface area contributed by atoms with Crippen LogP contribution in [0.4, 0.5) is 5.13 Å². The predicted molar refractivity (Wildman–Crippen MR) is 61.1 cm³/mol. The zero-order chi connectivity index (χ0) is 11.5. The molecular formula is C10H11N3O2S. The van der Waals surface area contributed by atoms with Crippen molar-refractivity contribution in [3.05, 3.63) is 35.2 Å². The van der Waals surface area contributed by atoms with E-state index in [9.17, 15) is 4.79 Å². The van der Waals surface area contributed by atoms with Crippen molar-refractivity contribution in [2.24, 2.45) is 0 Å². The molecule has 0 spiro atoms. The number of hydrogen-bond donors (Lipinski definition) is 2. The largest absolute Gasteiger partial charge is 0.467 e. The Kier molecular flexibility index (Phi) is 2.91. The molecule has 1 unspecified atom stereocenters. The lowest BCUT2D eigenvalue weighted by atomic mass is 10.2. The second-order valence-electron chi connectivity index (χ2n) is 3.28. The zero-order valence-corrected chi connectivity index (χ0v) is 9.45. The minimum Gasteiger partial charge on any atom is -0.467 e. The van der Waals surface area contributed by atoms with Gasteiger partial charge in [-0.3, -0.25) is 4.79 Å².